The van der Waals surface area contributed by atoms with E-state index in [9.17, 15) is 5.11 Å². The van der Waals surface area contributed by atoms with Crippen LogP contribution in [0.4, 0.5) is 0 Å². The second kappa shape index (κ2) is 9.84. The maximum atomic E-state index is 10.9. The van der Waals surface area contributed by atoms with Crippen LogP contribution in [0.1, 0.15) is 37.9 Å². The minimum Gasteiger partial charge on any atom is -0.376 e. The molecule has 0 radical (unpaired) electrons. The van der Waals surface area contributed by atoms with Crippen LogP contribution in [0.25, 0.3) is 11.3 Å². The third-order valence-electron chi connectivity index (χ3n) is 4.27. The smallest absolute Gasteiger partial charge is 0.145 e. The molecule has 3 aromatic rings. The number of nitrogens with zero attached hydrogens (tertiary/aromatic N) is 2. The highest BCUT2D eigenvalue weighted by Gasteiger charge is 2.23. The van der Waals surface area contributed by atoms with Gasteiger partial charge in [-0.2, -0.15) is 5.10 Å². The van der Waals surface area contributed by atoms with Gasteiger partial charge in [-0.3, -0.25) is 4.68 Å². The van der Waals surface area contributed by atoms with E-state index in [0.717, 1.165) is 46.0 Å². The Morgan fingerprint density at radius 2 is 1.86 bits per heavy atom. The molecule has 0 amide bonds. The molecule has 1 atom stereocenters. The Labute approximate surface area is 175 Å². The van der Waals surface area contributed by atoms with E-state index in [1.54, 1.807) is 11.8 Å². The topological polar surface area (TPSA) is 38.1 Å². The molecule has 0 spiro atoms. The van der Waals surface area contributed by atoms with E-state index in [1.165, 1.54) is 0 Å². The second-order valence-electron chi connectivity index (χ2n) is 6.44. The number of aryl methyl sites for hydroxylation is 1. The van der Waals surface area contributed by atoms with Gasteiger partial charge in [0.15, 0.2) is 0 Å². The van der Waals surface area contributed by atoms with Crippen LogP contribution in [0.5, 0.6) is 0 Å². The monoisotopic (exact) mass is 410 g/mol. The van der Waals surface area contributed by atoms with Gasteiger partial charge < -0.3 is 5.11 Å². The van der Waals surface area contributed by atoms with Gasteiger partial charge in [0.1, 0.15) is 16.8 Å². The summed E-state index contributed by atoms with van der Waals surface area (Å²) in [6.45, 7) is 2.13. The van der Waals surface area contributed by atoms with E-state index in [-0.39, 0.29) is 0 Å². The average Bonchev–Trinajstić information content (AvgIpc) is 3.04. The van der Waals surface area contributed by atoms with Gasteiger partial charge in [0.2, 0.25) is 0 Å². The highest BCUT2D eigenvalue weighted by Crippen LogP contribution is 2.39. The fourth-order valence-corrected chi connectivity index (χ4v) is 3.93. The number of hydrogen-bond donors (Lipinski definition) is 1. The molecule has 0 aliphatic rings. The minimum atomic E-state index is -0.893. The summed E-state index contributed by atoms with van der Waals surface area (Å²) in [7, 11) is 1.89. The lowest BCUT2D eigenvalue weighted by Gasteiger charge is -2.09. The number of aliphatic hydroxyl groups excluding tert-OH is 1. The van der Waals surface area contributed by atoms with Gasteiger partial charge in [-0.25, -0.2) is 0 Å². The number of halogens is 1. The van der Waals surface area contributed by atoms with Crippen molar-refractivity contribution >= 4 is 23.4 Å². The summed E-state index contributed by atoms with van der Waals surface area (Å²) < 4.78 is 1.81. The summed E-state index contributed by atoms with van der Waals surface area (Å²) in [5, 5.41) is 17.2. The van der Waals surface area contributed by atoms with Crippen LogP contribution >= 0.6 is 23.4 Å². The van der Waals surface area contributed by atoms with E-state index in [0.29, 0.717) is 5.02 Å². The van der Waals surface area contributed by atoms with Crippen molar-refractivity contribution in [2.45, 2.75) is 42.2 Å². The predicted octanol–water partition coefficient (Wildman–Crippen LogP) is 6.12. The molecule has 0 saturated heterocycles. The molecule has 2 aromatic carbocycles. The zero-order valence-electron chi connectivity index (χ0n) is 16.0. The van der Waals surface area contributed by atoms with E-state index < -0.39 is 6.10 Å². The number of aromatic nitrogens is 2. The standard InChI is InChI=1S/C23H23ClN2OS/c1-3-4-5-9-12-20(27)21-22(17-10-7-6-8-11-17)25-26(2)23(21)28-19-15-13-18(24)14-16-19/h6-8,10-11,13-16,20,27H,3-5H2,1-2H3. The van der Waals surface area contributed by atoms with Crippen molar-refractivity contribution in [1.29, 1.82) is 0 Å². The van der Waals surface area contributed by atoms with Crippen molar-refractivity contribution in [3.8, 4) is 23.1 Å². The van der Waals surface area contributed by atoms with Gasteiger partial charge in [0, 0.05) is 29.0 Å². The number of rotatable bonds is 6. The molecule has 0 fully saturated rings. The largest absolute Gasteiger partial charge is 0.376 e. The van der Waals surface area contributed by atoms with Crippen molar-refractivity contribution in [3.63, 3.8) is 0 Å². The van der Waals surface area contributed by atoms with Crippen LogP contribution in [0, 0.1) is 11.8 Å². The van der Waals surface area contributed by atoms with Crippen molar-refractivity contribution < 1.29 is 5.11 Å². The summed E-state index contributed by atoms with van der Waals surface area (Å²) in [6.07, 6.45) is 2.01. The molecule has 1 unspecified atom stereocenters. The van der Waals surface area contributed by atoms with Gasteiger partial charge >= 0.3 is 0 Å². The van der Waals surface area contributed by atoms with Gasteiger partial charge in [0.05, 0.1) is 5.56 Å². The number of aliphatic hydroxyl groups is 1. The molecule has 5 heteroatoms. The molecular formula is C23H23ClN2OS. The summed E-state index contributed by atoms with van der Waals surface area (Å²) in [6, 6.07) is 17.6. The highest BCUT2D eigenvalue weighted by molar-refractivity contribution is 7.99. The Kier molecular flexibility index (Phi) is 7.22. The molecular weight excluding hydrogens is 388 g/mol. The molecule has 3 rings (SSSR count). The lowest BCUT2D eigenvalue weighted by molar-refractivity contribution is 0.235. The minimum absolute atomic E-state index is 0.696. The molecule has 0 bridgehead atoms. The fraction of sp³-hybridized carbons (Fsp3) is 0.261. The molecule has 0 aliphatic carbocycles. The third-order valence-corrected chi connectivity index (χ3v) is 5.71. The third kappa shape index (κ3) is 4.99. The first-order valence-electron chi connectivity index (χ1n) is 9.32. The number of hydrogen-bond acceptors (Lipinski definition) is 3. The first kappa shape index (κ1) is 20.5. The first-order valence-corrected chi connectivity index (χ1v) is 10.5. The van der Waals surface area contributed by atoms with Crippen molar-refractivity contribution in [3.05, 3.63) is 65.2 Å². The van der Waals surface area contributed by atoms with Crippen LogP contribution in [-0.4, -0.2) is 14.9 Å². The van der Waals surface area contributed by atoms with Crippen LogP contribution in [0.2, 0.25) is 5.02 Å². The molecule has 28 heavy (non-hydrogen) atoms. The van der Waals surface area contributed by atoms with Gasteiger partial charge in [-0.1, -0.05) is 73.0 Å². The van der Waals surface area contributed by atoms with Crippen LogP contribution in [0.15, 0.2) is 64.5 Å². The van der Waals surface area contributed by atoms with Gasteiger partial charge in [0.25, 0.3) is 0 Å². The van der Waals surface area contributed by atoms with Crippen LogP contribution in [0.3, 0.4) is 0 Å². The lowest BCUT2D eigenvalue weighted by atomic mass is 10.0. The Balaban J connectivity index is 2.03. The quantitative estimate of drug-likeness (QED) is 0.393. The summed E-state index contributed by atoms with van der Waals surface area (Å²) >= 11 is 7.56. The van der Waals surface area contributed by atoms with Crippen LogP contribution < -0.4 is 0 Å². The van der Waals surface area contributed by atoms with E-state index in [2.05, 4.69) is 18.8 Å². The van der Waals surface area contributed by atoms with Gasteiger partial charge in [-0.15, -0.1) is 5.92 Å². The van der Waals surface area contributed by atoms with Gasteiger partial charge in [-0.05, 0) is 30.7 Å². The summed E-state index contributed by atoms with van der Waals surface area (Å²) in [5.41, 5.74) is 2.47. The molecule has 0 saturated carbocycles. The Bertz CT molecular complexity index is 972. The molecule has 1 heterocycles. The summed E-state index contributed by atoms with van der Waals surface area (Å²) in [4.78, 5) is 1.03. The lowest BCUT2D eigenvalue weighted by Crippen LogP contribution is -1.98. The Morgan fingerprint density at radius 1 is 1.14 bits per heavy atom. The van der Waals surface area contributed by atoms with E-state index in [4.69, 9.17) is 16.7 Å². The average molecular weight is 411 g/mol. The zero-order valence-corrected chi connectivity index (χ0v) is 17.6. The molecule has 3 nitrogen and oxygen atoms in total. The SMILES string of the molecule is CCCCC#CC(O)c1c(-c2ccccc2)nn(C)c1Sc1ccc(Cl)cc1. The molecule has 1 N–H and O–H groups in total. The van der Waals surface area contributed by atoms with E-state index in [1.807, 2.05) is 66.3 Å². The normalized spacial score (nSPS) is 11.7. The fourth-order valence-electron chi connectivity index (χ4n) is 2.82. The second-order valence-corrected chi connectivity index (χ2v) is 7.94. The Morgan fingerprint density at radius 3 is 2.54 bits per heavy atom. The molecule has 0 aliphatic heterocycles. The number of unbranched alkanes of at least 4 members (excludes halogenated alkanes) is 2. The zero-order chi connectivity index (χ0) is 19.9. The maximum absolute atomic E-state index is 10.9. The van der Waals surface area contributed by atoms with Crippen molar-refractivity contribution in [2.24, 2.45) is 7.05 Å². The first-order chi connectivity index (χ1) is 13.6. The molecule has 144 valence electrons. The number of benzene rings is 2. The van der Waals surface area contributed by atoms with E-state index >= 15 is 0 Å². The maximum Gasteiger partial charge on any atom is 0.145 e. The van der Waals surface area contributed by atoms with Crippen molar-refractivity contribution in [1.82, 2.24) is 9.78 Å². The van der Waals surface area contributed by atoms with Crippen molar-refractivity contribution in [2.75, 3.05) is 0 Å². The highest BCUT2D eigenvalue weighted by atomic mass is 35.5. The predicted molar refractivity (Wildman–Crippen MR) is 116 cm³/mol. The molecule has 1 aromatic heterocycles. The summed E-state index contributed by atoms with van der Waals surface area (Å²) in [5.74, 6) is 6.12. The van der Waals surface area contributed by atoms with Crippen LogP contribution in [-0.2, 0) is 7.05 Å². The Hall–Kier alpha value is -2.19.